The van der Waals surface area contributed by atoms with Crippen LogP contribution in [0, 0.1) is 52.3 Å². The second kappa shape index (κ2) is 8.48. The van der Waals surface area contributed by atoms with Crippen molar-refractivity contribution in [2.75, 3.05) is 0 Å². The highest BCUT2D eigenvalue weighted by Gasteiger charge is 2.60. The quantitative estimate of drug-likeness (QED) is 0.448. The van der Waals surface area contributed by atoms with Crippen molar-refractivity contribution in [2.24, 2.45) is 52.3 Å². The number of fused-ring (bicyclic) bond motifs is 5. The largest absolute Gasteiger partial charge is 0.393 e. The van der Waals surface area contributed by atoms with Gasteiger partial charge in [0.2, 0.25) is 0 Å². The Morgan fingerprint density at radius 3 is 2.24 bits per heavy atom. The molecule has 0 bridgehead atoms. The lowest BCUT2D eigenvalue weighted by Gasteiger charge is -2.61. The minimum absolute atomic E-state index is 0.00844. The van der Waals surface area contributed by atoms with E-state index < -0.39 is 0 Å². The van der Waals surface area contributed by atoms with Gasteiger partial charge in [-0.3, -0.25) is 0 Å². The summed E-state index contributed by atoms with van der Waals surface area (Å²) in [6.45, 7) is 12.7. The van der Waals surface area contributed by atoms with Gasteiger partial charge in [0.15, 0.2) is 0 Å². The molecule has 0 spiro atoms. The second-order valence-corrected chi connectivity index (χ2v) is 13.0. The predicted octanol–water partition coefficient (Wildman–Crippen LogP) is 7.86. The van der Waals surface area contributed by atoms with Crippen LogP contribution in [0.3, 0.4) is 0 Å². The molecule has 9 atom stereocenters. The van der Waals surface area contributed by atoms with Crippen LogP contribution in [0.5, 0.6) is 0 Å². The number of unbranched alkanes of at least 4 members (excludes halogenated alkanes) is 1. The summed E-state index contributed by atoms with van der Waals surface area (Å²) in [7, 11) is 0. The smallest absolute Gasteiger partial charge is 0.0543 e. The fourth-order valence-electron chi connectivity index (χ4n) is 9.43. The number of rotatable bonds is 6. The van der Waals surface area contributed by atoms with Crippen LogP contribution in [0.4, 0.5) is 0 Å². The van der Waals surface area contributed by atoms with Gasteiger partial charge in [0.25, 0.3) is 0 Å². The van der Waals surface area contributed by atoms with E-state index in [-0.39, 0.29) is 6.10 Å². The molecule has 0 radical (unpaired) electrons. The average molecular weight is 403 g/mol. The zero-order valence-electron chi connectivity index (χ0n) is 20.3. The van der Waals surface area contributed by atoms with E-state index >= 15 is 0 Å². The normalized spacial score (nSPS) is 48.1. The van der Waals surface area contributed by atoms with E-state index in [2.05, 4.69) is 34.6 Å². The van der Waals surface area contributed by atoms with Gasteiger partial charge in [-0.2, -0.15) is 0 Å². The highest BCUT2D eigenvalue weighted by atomic mass is 16.3. The number of aliphatic hydroxyl groups is 1. The molecule has 1 unspecified atom stereocenters. The molecule has 29 heavy (non-hydrogen) atoms. The number of hydrogen-bond acceptors (Lipinski definition) is 1. The molecule has 0 aromatic rings. The summed E-state index contributed by atoms with van der Waals surface area (Å²) in [4.78, 5) is 0. The minimum atomic E-state index is -0.00844. The van der Waals surface area contributed by atoms with Crippen molar-refractivity contribution < 1.29 is 5.11 Å². The van der Waals surface area contributed by atoms with Crippen LogP contribution in [-0.4, -0.2) is 11.2 Å². The molecule has 0 aromatic heterocycles. The van der Waals surface area contributed by atoms with Crippen LogP contribution >= 0.6 is 0 Å². The van der Waals surface area contributed by atoms with Crippen molar-refractivity contribution in [2.45, 2.75) is 124 Å². The Kier molecular flexibility index (Phi) is 6.48. The van der Waals surface area contributed by atoms with Gasteiger partial charge in [-0.05, 0) is 110 Å². The van der Waals surface area contributed by atoms with Crippen LogP contribution in [0.15, 0.2) is 0 Å². The van der Waals surface area contributed by atoms with Gasteiger partial charge < -0.3 is 5.11 Å². The molecule has 0 saturated heterocycles. The lowest BCUT2D eigenvalue weighted by molar-refractivity contribution is -0.129. The first kappa shape index (κ1) is 22.2. The fourth-order valence-corrected chi connectivity index (χ4v) is 9.43. The van der Waals surface area contributed by atoms with Gasteiger partial charge in [0.05, 0.1) is 6.10 Å². The van der Waals surface area contributed by atoms with Gasteiger partial charge >= 0.3 is 0 Å². The first-order valence-corrected chi connectivity index (χ1v) is 13.4. The van der Waals surface area contributed by atoms with E-state index in [0.717, 1.165) is 54.3 Å². The first-order chi connectivity index (χ1) is 13.8. The van der Waals surface area contributed by atoms with E-state index in [1.807, 2.05) is 0 Å². The standard InChI is InChI=1S/C28H50O/c1-19(2)8-6-7-9-20(3)24-12-13-25-23-11-10-21-18-22(29)14-16-27(21,4)26(23)15-17-28(24,25)5/h19-26,29H,6-18H2,1-5H3/t20?,21-,22+,23+,24+,25-,26-,27-,28+/m0/s1. The molecular formula is C28H50O. The molecule has 0 aromatic carbocycles. The highest BCUT2D eigenvalue weighted by molar-refractivity contribution is 5.09. The van der Waals surface area contributed by atoms with Crippen LogP contribution in [0.2, 0.25) is 0 Å². The Morgan fingerprint density at radius 2 is 1.48 bits per heavy atom. The molecule has 1 nitrogen and oxygen atoms in total. The molecule has 4 aliphatic rings. The van der Waals surface area contributed by atoms with Crippen molar-refractivity contribution in [3.05, 3.63) is 0 Å². The topological polar surface area (TPSA) is 20.2 Å². The summed E-state index contributed by atoms with van der Waals surface area (Å²) in [6.07, 6.45) is 18.1. The molecular weight excluding hydrogens is 352 g/mol. The van der Waals surface area contributed by atoms with E-state index in [1.165, 1.54) is 70.6 Å². The van der Waals surface area contributed by atoms with Crippen molar-refractivity contribution >= 4 is 0 Å². The van der Waals surface area contributed by atoms with Crippen molar-refractivity contribution in [3.8, 4) is 0 Å². The highest BCUT2D eigenvalue weighted by Crippen LogP contribution is 2.68. The molecule has 0 amide bonds. The van der Waals surface area contributed by atoms with Gasteiger partial charge in [-0.15, -0.1) is 0 Å². The molecule has 4 fully saturated rings. The van der Waals surface area contributed by atoms with E-state index in [4.69, 9.17) is 0 Å². The number of hydrogen-bond donors (Lipinski definition) is 1. The molecule has 1 N–H and O–H groups in total. The third-order valence-electron chi connectivity index (χ3n) is 11.1. The first-order valence-electron chi connectivity index (χ1n) is 13.4. The summed E-state index contributed by atoms with van der Waals surface area (Å²) >= 11 is 0. The lowest BCUT2D eigenvalue weighted by Crippen LogP contribution is -2.54. The van der Waals surface area contributed by atoms with Crippen LogP contribution in [0.1, 0.15) is 118 Å². The van der Waals surface area contributed by atoms with Gasteiger partial charge in [-0.1, -0.05) is 60.3 Å². The van der Waals surface area contributed by atoms with Crippen molar-refractivity contribution in [1.29, 1.82) is 0 Å². The average Bonchev–Trinajstić information content (AvgIpc) is 3.03. The second-order valence-electron chi connectivity index (χ2n) is 13.0. The molecule has 4 rings (SSSR count). The molecule has 4 aliphatic carbocycles. The third-order valence-corrected chi connectivity index (χ3v) is 11.1. The molecule has 0 heterocycles. The minimum Gasteiger partial charge on any atom is -0.393 e. The molecule has 168 valence electrons. The third kappa shape index (κ3) is 3.96. The zero-order valence-corrected chi connectivity index (χ0v) is 20.3. The van der Waals surface area contributed by atoms with Gasteiger partial charge in [0.1, 0.15) is 0 Å². The SMILES string of the molecule is CC(C)CCCCC(C)[C@H]1CC[C@H]2[C@H]3CC[C@H]4C[C@H](O)CC[C@]4(C)[C@H]3CC[C@]12C. The van der Waals surface area contributed by atoms with Crippen molar-refractivity contribution in [1.82, 2.24) is 0 Å². The van der Waals surface area contributed by atoms with Gasteiger partial charge in [0, 0.05) is 0 Å². The molecule has 0 aliphatic heterocycles. The Labute approximate surface area is 181 Å². The van der Waals surface area contributed by atoms with E-state index in [1.54, 1.807) is 0 Å². The Bertz CT molecular complexity index is 555. The Balaban J connectivity index is 1.42. The summed E-state index contributed by atoms with van der Waals surface area (Å²) < 4.78 is 0. The summed E-state index contributed by atoms with van der Waals surface area (Å²) in [5.41, 5.74) is 1.15. The molecule has 1 heteroatoms. The summed E-state index contributed by atoms with van der Waals surface area (Å²) in [6, 6.07) is 0. The van der Waals surface area contributed by atoms with E-state index in [0.29, 0.717) is 10.8 Å². The van der Waals surface area contributed by atoms with Gasteiger partial charge in [-0.25, -0.2) is 0 Å². The van der Waals surface area contributed by atoms with E-state index in [9.17, 15) is 5.11 Å². The Morgan fingerprint density at radius 1 is 0.793 bits per heavy atom. The van der Waals surface area contributed by atoms with Crippen LogP contribution in [-0.2, 0) is 0 Å². The van der Waals surface area contributed by atoms with Crippen LogP contribution < -0.4 is 0 Å². The summed E-state index contributed by atoms with van der Waals surface area (Å²) in [5.74, 6) is 6.50. The summed E-state index contributed by atoms with van der Waals surface area (Å²) in [5, 5.41) is 10.3. The predicted molar refractivity (Wildman–Crippen MR) is 124 cm³/mol. The zero-order chi connectivity index (χ0) is 20.8. The monoisotopic (exact) mass is 402 g/mol. The van der Waals surface area contributed by atoms with Crippen molar-refractivity contribution in [3.63, 3.8) is 0 Å². The maximum Gasteiger partial charge on any atom is 0.0543 e. The maximum absolute atomic E-state index is 10.3. The Hall–Kier alpha value is -0.0400. The maximum atomic E-state index is 10.3. The molecule has 4 saturated carbocycles. The number of aliphatic hydroxyl groups excluding tert-OH is 1. The van der Waals surface area contributed by atoms with Crippen LogP contribution in [0.25, 0.3) is 0 Å². The lowest BCUT2D eigenvalue weighted by atomic mass is 9.44. The fraction of sp³-hybridized carbons (Fsp3) is 1.00.